The molecule has 2 bridgehead atoms. The van der Waals surface area contributed by atoms with E-state index in [0.29, 0.717) is 17.6 Å². The Morgan fingerprint density at radius 3 is 2.48 bits per heavy atom. The summed E-state index contributed by atoms with van der Waals surface area (Å²) in [6.07, 6.45) is 4.21. The smallest absolute Gasteiger partial charge is 0.253 e. The molecule has 2 saturated heterocycles. The van der Waals surface area contributed by atoms with Crippen molar-refractivity contribution in [2.24, 2.45) is 0 Å². The topological polar surface area (TPSA) is 87.7 Å². The molecule has 0 saturated carbocycles. The van der Waals surface area contributed by atoms with E-state index in [2.05, 4.69) is 10.0 Å². The second-order valence-electron chi connectivity index (χ2n) is 6.75. The summed E-state index contributed by atoms with van der Waals surface area (Å²) >= 11 is 0. The fourth-order valence-corrected chi connectivity index (χ4v) is 4.76. The van der Waals surface area contributed by atoms with Gasteiger partial charge in [0.1, 0.15) is 10.6 Å². The minimum Gasteiger partial charge on any atom is -0.495 e. The number of piperidine rings is 1. The number of carbonyl (C=O) groups is 1. The fraction of sp³-hybridized carbons (Fsp3) is 0.588. The van der Waals surface area contributed by atoms with Crippen molar-refractivity contribution >= 4 is 15.9 Å². The van der Waals surface area contributed by atoms with Gasteiger partial charge < -0.3 is 15.0 Å². The van der Waals surface area contributed by atoms with Crippen LogP contribution in [-0.4, -0.2) is 58.6 Å². The van der Waals surface area contributed by atoms with Crippen molar-refractivity contribution in [1.82, 2.24) is 14.9 Å². The van der Waals surface area contributed by atoms with Gasteiger partial charge in [-0.05, 0) is 50.9 Å². The molecule has 25 heavy (non-hydrogen) atoms. The van der Waals surface area contributed by atoms with Crippen LogP contribution in [0.1, 0.15) is 36.0 Å². The zero-order valence-corrected chi connectivity index (χ0v) is 15.6. The maximum Gasteiger partial charge on any atom is 0.253 e. The standard InChI is InChI=1S/C17H25N3O4S/c1-18-25(22,23)16-8-11(4-7-15(16)24-3)17(21)20(2)14-9-12-5-6-13(10-14)19-12/h4,7-8,12-14,18-19H,5-6,9-10H2,1-3H3. The molecule has 2 fully saturated rings. The summed E-state index contributed by atoms with van der Waals surface area (Å²) < 4.78 is 31.8. The molecule has 0 spiro atoms. The lowest BCUT2D eigenvalue weighted by Crippen LogP contribution is -2.48. The number of amides is 1. The Morgan fingerprint density at radius 2 is 1.92 bits per heavy atom. The van der Waals surface area contributed by atoms with E-state index in [1.165, 1.54) is 26.3 Å². The number of ether oxygens (including phenoxy) is 1. The van der Waals surface area contributed by atoms with E-state index in [-0.39, 0.29) is 22.6 Å². The van der Waals surface area contributed by atoms with Crippen LogP contribution in [0.4, 0.5) is 0 Å². The van der Waals surface area contributed by atoms with Crippen molar-refractivity contribution in [2.45, 2.75) is 48.7 Å². The third-order valence-corrected chi connectivity index (χ3v) is 6.72. The lowest BCUT2D eigenvalue weighted by molar-refractivity contribution is 0.0681. The number of hydrogen-bond acceptors (Lipinski definition) is 5. The summed E-state index contributed by atoms with van der Waals surface area (Å²) in [6.45, 7) is 0. The Bertz CT molecular complexity index is 753. The predicted octanol–water partition coefficient (Wildman–Crippen LogP) is 0.958. The highest BCUT2D eigenvalue weighted by Gasteiger charge is 2.36. The van der Waals surface area contributed by atoms with Crippen LogP contribution >= 0.6 is 0 Å². The van der Waals surface area contributed by atoms with Crippen LogP contribution in [0, 0.1) is 0 Å². The lowest BCUT2D eigenvalue weighted by Gasteiger charge is -2.35. The van der Waals surface area contributed by atoms with Gasteiger partial charge in [-0.2, -0.15) is 0 Å². The summed E-state index contributed by atoms with van der Waals surface area (Å²) in [5.41, 5.74) is 0.350. The zero-order chi connectivity index (χ0) is 18.2. The predicted molar refractivity (Wildman–Crippen MR) is 94.3 cm³/mol. The number of benzene rings is 1. The fourth-order valence-electron chi connectivity index (χ4n) is 3.84. The number of nitrogens with one attached hydrogen (secondary N) is 2. The highest BCUT2D eigenvalue weighted by Crippen LogP contribution is 2.31. The molecule has 1 amide bonds. The number of hydrogen-bond donors (Lipinski definition) is 2. The summed E-state index contributed by atoms with van der Waals surface area (Å²) in [7, 11) is 0.828. The molecule has 2 aliphatic heterocycles. The molecule has 2 N–H and O–H groups in total. The molecule has 2 heterocycles. The third kappa shape index (κ3) is 3.51. The molecule has 2 atom stereocenters. The van der Waals surface area contributed by atoms with Crippen molar-refractivity contribution < 1.29 is 17.9 Å². The molecule has 0 radical (unpaired) electrons. The Balaban J connectivity index is 1.85. The van der Waals surface area contributed by atoms with Crippen LogP contribution in [0.25, 0.3) is 0 Å². The SMILES string of the molecule is CNS(=O)(=O)c1cc(C(=O)N(C)C2CC3CCC(C2)N3)ccc1OC. The highest BCUT2D eigenvalue weighted by molar-refractivity contribution is 7.89. The van der Waals surface area contributed by atoms with E-state index in [9.17, 15) is 13.2 Å². The third-order valence-electron chi connectivity index (χ3n) is 5.29. The van der Waals surface area contributed by atoms with Gasteiger partial charge in [0.05, 0.1) is 7.11 Å². The quantitative estimate of drug-likeness (QED) is 0.809. The van der Waals surface area contributed by atoms with Crippen LogP contribution < -0.4 is 14.8 Å². The molecule has 3 rings (SSSR count). The normalized spacial score (nSPS) is 25.6. The minimum atomic E-state index is -3.71. The molecular weight excluding hydrogens is 342 g/mol. The van der Waals surface area contributed by atoms with Gasteiger partial charge in [0.25, 0.3) is 5.91 Å². The maximum atomic E-state index is 12.9. The van der Waals surface area contributed by atoms with Crippen LogP contribution in [-0.2, 0) is 10.0 Å². The van der Waals surface area contributed by atoms with Crippen LogP contribution in [0.5, 0.6) is 5.75 Å². The lowest BCUT2D eigenvalue weighted by atomic mass is 9.98. The second-order valence-corrected chi connectivity index (χ2v) is 8.61. The van der Waals surface area contributed by atoms with Gasteiger partial charge in [0.2, 0.25) is 10.0 Å². The van der Waals surface area contributed by atoms with Crippen LogP contribution in [0.3, 0.4) is 0 Å². The summed E-state index contributed by atoms with van der Waals surface area (Å²) in [6, 6.07) is 5.67. The molecular formula is C17H25N3O4S. The Morgan fingerprint density at radius 1 is 1.28 bits per heavy atom. The average molecular weight is 367 g/mol. The first-order valence-corrected chi connectivity index (χ1v) is 9.99. The Kier molecular flexibility index (Phi) is 5.04. The molecule has 1 aromatic carbocycles. The minimum absolute atomic E-state index is 0.0258. The van der Waals surface area contributed by atoms with Crippen molar-refractivity contribution in [3.63, 3.8) is 0 Å². The monoisotopic (exact) mass is 367 g/mol. The number of nitrogens with zero attached hydrogens (tertiary/aromatic N) is 1. The molecule has 7 nitrogen and oxygen atoms in total. The van der Waals surface area contributed by atoms with Gasteiger partial charge in [-0.1, -0.05) is 0 Å². The van der Waals surface area contributed by atoms with E-state index in [1.54, 1.807) is 18.0 Å². The van der Waals surface area contributed by atoms with E-state index >= 15 is 0 Å². The van der Waals surface area contributed by atoms with Crippen LogP contribution in [0.15, 0.2) is 23.1 Å². The largest absolute Gasteiger partial charge is 0.495 e. The summed E-state index contributed by atoms with van der Waals surface area (Å²) in [5.74, 6) is 0.0509. The van der Waals surface area contributed by atoms with E-state index in [1.807, 2.05) is 0 Å². The van der Waals surface area contributed by atoms with Crippen LogP contribution in [0.2, 0.25) is 0 Å². The van der Waals surface area contributed by atoms with Crippen molar-refractivity contribution in [3.05, 3.63) is 23.8 Å². The van der Waals surface area contributed by atoms with Gasteiger partial charge in [0, 0.05) is 30.7 Å². The Labute approximate surface area is 148 Å². The van der Waals surface area contributed by atoms with E-state index in [0.717, 1.165) is 25.7 Å². The van der Waals surface area contributed by atoms with E-state index < -0.39 is 10.0 Å². The number of sulfonamides is 1. The van der Waals surface area contributed by atoms with Gasteiger partial charge in [0.15, 0.2) is 0 Å². The first-order valence-electron chi connectivity index (χ1n) is 8.50. The molecule has 0 aliphatic carbocycles. The molecule has 1 aromatic rings. The first-order chi connectivity index (χ1) is 11.9. The summed E-state index contributed by atoms with van der Waals surface area (Å²) in [5, 5.41) is 3.56. The number of methoxy groups -OCH3 is 1. The molecule has 2 unspecified atom stereocenters. The number of fused-ring (bicyclic) bond motifs is 2. The first kappa shape index (κ1) is 18.2. The molecule has 0 aromatic heterocycles. The second kappa shape index (κ2) is 6.93. The van der Waals surface area contributed by atoms with Gasteiger partial charge in [-0.3, -0.25) is 4.79 Å². The highest BCUT2D eigenvalue weighted by atomic mass is 32.2. The van der Waals surface area contributed by atoms with Crippen molar-refractivity contribution in [3.8, 4) is 5.75 Å². The van der Waals surface area contributed by atoms with Crippen molar-refractivity contribution in [1.29, 1.82) is 0 Å². The van der Waals surface area contributed by atoms with Crippen molar-refractivity contribution in [2.75, 3.05) is 21.2 Å². The molecule has 2 aliphatic rings. The molecule has 138 valence electrons. The summed E-state index contributed by atoms with van der Waals surface area (Å²) in [4.78, 5) is 14.6. The zero-order valence-electron chi connectivity index (χ0n) is 14.8. The number of rotatable bonds is 5. The maximum absolute atomic E-state index is 12.9. The van der Waals surface area contributed by atoms with Gasteiger partial charge >= 0.3 is 0 Å². The van der Waals surface area contributed by atoms with E-state index in [4.69, 9.17) is 4.74 Å². The van der Waals surface area contributed by atoms with Gasteiger partial charge in [-0.25, -0.2) is 13.1 Å². The molecule has 8 heteroatoms. The average Bonchev–Trinajstić information content (AvgIpc) is 2.97. The number of carbonyl (C=O) groups excluding carboxylic acids is 1. The van der Waals surface area contributed by atoms with Gasteiger partial charge in [-0.15, -0.1) is 0 Å². The Hall–Kier alpha value is -1.64.